The number of rotatable bonds is 3. The first-order chi connectivity index (χ1) is 6.38. The lowest BCUT2D eigenvalue weighted by atomic mass is 10.1. The van der Waals surface area contributed by atoms with Crippen LogP contribution in [0.15, 0.2) is 6.20 Å². The first-order valence-corrected chi connectivity index (χ1v) is 4.94. The largest absolute Gasteiger partial charge is 0.381 e. The van der Waals surface area contributed by atoms with Gasteiger partial charge in [0.1, 0.15) is 0 Å². The number of nitrogens with zero attached hydrogens (tertiary/aromatic N) is 3. The molecule has 0 aromatic carbocycles. The Balaban J connectivity index is 1.92. The number of aromatic nitrogens is 3. The predicted octanol–water partition coefficient (Wildman–Crippen LogP) is 1.05. The summed E-state index contributed by atoms with van der Waals surface area (Å²) in [4.78, 5) is 0. The van der Waals surface area contributed by atoms with E-state index in [4.69, 9.17) is 16.3 Å². The van der Waals surface area contributed by atoms with E-state index in [9.17, 15) is 0 Å². The van der Waals surface area contributed by atoms with Gasteiger partial charge < -0.3 is 4.74 Å². The molecule has 1 saturated heterocycles. The normalized spacial score (nSPS) is 22.4. The van der Waals surface area contributed by atoms with Crippen LogP contribution in [-0.4, -0.2) is 28.2 Å². The lowest BCUT2D eigenvalue weighted by Gasteiger charge is -2.05. The van der Waals surface area contributed by atoms with Gasteiger partial charge in [-0.15, -0.1) is 16.7 Å². The van der Waals surface area contributed by atoms with Crippen LogP contribution >= 0.6 is 11.6 Å². The number of hydrogen-bond donors (Lipinski definition) is 0. The molecule has 1 aromatic rings. The highest BCUT2D eigenvalue weighted by Gasteiger charge is 2.16. The molecule has 4 nitrogen and oxygen atoms in total. The van der Waals surface area contributed by atoms with Gasteiger partial charge in [-0.1, -0.05) is 5.21 Å². The molecule has 1 aliphatic heterocycles. The third kappa shape index (κ3) is 2.19. The van der Waals surface area contributed by atoms with Gasteiger partial charge in [0.25, 0.3) is 0 Å². The molecule has 0 radical (unpaired) electrons. The highest BCUT2D eigenvalue weighted by atomic mass is 35.5. The van der Waals surface area contributed by atoms with Crippen molar-refractivity contribution >= 4 is 11.6 Å². The molecule has 2 rings (SSSR count). The van der Waals surface area contributed by atoms with Gasteiger partial charge in [0.15, 0.2) is 0 Å². The number of alkyl halides is 1. The van der Waals surface area contributed by atoms with Crippen LogP contribution in [0.2, 0.25) is 0 Å². The fourth-order valence-electron chi connectivity index (χ4n) is 1.48. The van der Waals surface area contributed by atoms with Gasteiger partial charge in [-0.2, -0.15) is 0 Å². The summed E-state index contributed by atoms with van der Waals surface area (Å²) in [6.07, 6.45) is 3.02. The van der Waals surface area contributed by atoms with Crippen molar-refractivity contribution in [2.45, 2.75) is 18.8 Å². The summed E-state index contributed by atoms with van der Waals surface area (Å²) < 4.78 is 7.12. The third-order valence-electron chi connectivity index (χ3n) is 2.19. The van der Waals surface area contributed by atoms with E-state index in [1.54, 1.807) is 0 Å². The van der Waals surface area contributed by atoms with E-state index in [0.717, 1.165) is 31.9 Å². The monoisotopic (exact) mass is 201 g/mol. The third-order valence-corrected chi connectivity index (χ3v) is 2.47. The molecular weight excluding hydrogens is 190 g/mol. The second-order valence-electron chi connectivity index (χ2n) is 3.30. The minimum Gasteiger partial charge on any atom is -0.381 e. The molecule has 0 unspecified atom stereocenters. The Labute approximate surface area is 81.8 Å². The Morgan fingerprint density at radius 1 is 1.69 bits per heavy atom. The van der Waals surface area contributed by atoms with E-state index in [2.05, 4.69) is 10.3 Å². The molecule has 1 aliphatic rings. The summed E-state index contributed by atoms with van der Waals surface area (Å²) in [6, 6.07) is 0. The summed E-state index contributed by atoms with van der Waals surface area (Å²) in [6.45, 7) is 2.61. The molecule has 0 saturated carbocycles. The minimum absolute atomic E-state index is 0.432. The Morgan fingerprint density at radius 3 is 3.23 bits per heavy atom. The zero-order valence-electron chi connectivity index (χ0n) is 7.32. The number of halogens is 1. The number of ether oxygens (including phenoxy) is 1. The molecule has 0 aliphatic carbocycles. The van der Waals surface area contributed by atoms with Crippen LogP contribution in [0.25, 0.3) is 0 Å². The quantitative estimate of drug-likeness (QED) is 0.687. The summed E-state index contributed by atoms with van der Waals surface area (Å²) in [7, 11) is 0. The Hall–Kier alpha value is -0.610. The van der Waals surface area contributed by atoms with Gasteiger partial charge in [-0.3, -0.25) is 4.68 Å². The summed E-state index contributed by atoms with van der Waals surface area (Å²) in [5.74, 6) is 1.02. The summed E-state index contributed by atoms with van der Waals surface area (Å²) >= 11 is 5.62. The van der Waals surface area contributed by atoms with Crippen molar-refractivity contribution in [3.63, 3.8) is 0 Å². The van der Waals surface area contributed by atoms with Crippen LogP contribution in [0, 0.1) is 5.92 Å². The maximum atomic E-state index is 5.62. The van der Waals surface area contributed by atoms with Crippen molar-refractivity contribution in [2.24, 2.45) is 5.92 Å². The minimum atomic E-state index is 0.432. The van der Waals surface area contributed by atoms with Crippen LogP contribution in [0.3, 0.4) is 0 Å². The molecule has 0 N–H and O–H groups in total. The fourth-order valence-corrected chi connectivity index (χ4v) is 1.60. The van der Waals surface area contributed by atoms with Crippen LogP contribution in [0.4, 0.5) is 0 Å². The molecule has 1 fully saturated rings. The molecule has 1 aromatic heterocycles. The first kappa shape index (κ1) is 8.97. The van der Waals surface area contributed by atoms with Crippen molar-refractivity contribution in [1.29, 1.82) is 0 Å². The first-order valence-electron chi connectivity index (χ1n) is 4.41. The van der Waals surface area contributed by atoms with Crippen molar-refractivity contribution in [2.75, 3.05) is 13.2 Å². The lowest BCUT2D eigenvalue weighted by molar-refractivity contribution is 0.181. The molecule has 5 heteroatoms. The van der Waals surface area contributed by atoms with Crippen molar-refractivity contribution in [1.82, 2.24) is 15.0 Å². The maximum absolute atomic E-state index is 5.62. The van der Waals surface area contributed by atoms with E-state index in [-0.39, 0.29) is 0 Å². The maximum Gasteiger partial charge on any atom is 0.0974 e. The Morgan fingerprint density at radius 2 is 2.62 bits per heavy atom. The zero-order valence-corrected chi connectivity index (χ0v) is 8.07. The van der Waals surface area contributed by atoms with Gasteiger partial charge in [-0.25, -0.2) is 0 Å². The van der Waals surface area contributed by atoms with E-state index in [0.29, 0.717) is 11.8 Å². The van der Waals surface area contributed by atoms with Gasteiger partial charge >= 0.3 is 0 Å². The second-order valence-corrected chi connectivity index (χ2v) is 3.56. The lowest BCUT2D eigenvalue weighted by Crippen LogP contribution is -2.10. The van der Waals surface area contributed by atoms with Gasteiger partial charge in [0.2, 0.25) is 0 Å². The van der Waals surface area contributed by atoms with Crippen LogP contribution in [0.5, 0.6) is 0 Å². The van der Waals surface area contributed by atoms with Gasteiger partial charge in [0.05, 0.1) is 18.2 Å². The molecular formula is C8H12ClN3O. The molecule has 0 spiro atoms. The topological polar surface area (TPSA) is 39.9 Å². The SMILES string of the molecule is ClCc1cn(C[C@H]2CCOC2)nn1. The van der Waals surface area contributed by atoms with Gasteiger partial charge in [-0.05, 0) is 6.42 Å². The van der Waals surface area contributed by atoms with Crippen molar-refractivity contribution in [3.8, 4) is 0 Å². The molecule has 72 valence electrons. The predicted molar refractivity (Wildman–Crippen MR) is 48.5 cm³/mol. The van der Waals surface area contributed by atoms with Crippen LogP contribution < -0.4 is 0 Å². The average molecular weight is 202 g/mol. The highest BCUT2D eigenvalue weighted by molar-refractivity contribution is 6.16. The van der Waals surface area contributed by atoms with Crippen LogP contribution in [0.1, 0.15) is 12.1 Å². The standard InChI is InChI=1S/C8H12ClN3O/c9-3-8-5-12(11-10-8)4-7-1-2-13-6-7/h5,7H,1-4,6H2/t7-/m1/s1. The molecule has 0 amide bonds. The molecule has 0 bridgehead atoms. The highest BCUT2D eigenvalue weighted by Crippen LogP contribution is 2.14. The summed E-state index contributed by atoms with van der Waals surface area (Å²) in [5, 5.41) is 7.89. The Kier molecular flexibility index (Phi) is 2.80. The van der Waals surface area contributed by atoms with E-state index in [1.165, 1.54) is 0 Å². The van der Waals surface area contributed by atoms with E-state index < -0.39 is 0 Å². The van der Waals surface area contributed by atoms with E-state index >= 15 is 0 Å². The molecule has 1 atom stereocenters. The van der Waals surface area contributed by atoms with Crippen molar-refractivity contribution in [3.05, 3.63) is 11.9 Å². The smallest absolute Gasteiger partial charge is 0.0974 e. The number of hydrogen-bond acceptors (Lipinski definition) is 3. The van der Waals surface area contributed by atoms with Crippen molar-refractivity contribution < 1.29 is 4.74 Å². The van der Waals surface area contributed by atoms with Gasteiger partial charge in [0, 0.05) is 25.3 Å². The second kappa shape index (κ2) is 4.07. The van der Waals surface area contributed by atoms with E-state index in [1.807, 2.05) is 10.9 Å². The molecule has 13 heavy (non-hydrogen) atoms. The van der Waals surface area contributed by atoms with Crippen LogP contribution in [-0.2, 0) is 17.2 Å². The fraction of sp³-hybridized carbons (Fsp3) is 0.750. The summed E-state index contributed by atoms with van der Waals surface area (Å²) in [5.41, 5.74) is 0.834. The zero-order chi connectivity index (χ0) is 9.10. The Bertz CT molecular complexity index is 270. The molecule has 2 heterocycles. The average Bonchev–Trinajstić information content (AvgIpc) is 2.76.